The van der Waals surface area contributed by atoms with Gasteiger partial charge < -0.3 is 20.3 Å². The summed E-state index contributed by atoms with van der Waals surface area (Å²) in [6.45, 7) is 3.57. The van der Waals surface area contributed by atoms with Crippen molar-refractivity contribution in [2.24, 2.45) is 5.92 Å². The molecule has 0 spiro atoms. The molecule has 0 radical (unpaired) electrons. The minimum absolute atomic E-state index is 0.496. The topological polar surface area (TPSA) is 49.4 Å². The van der Waals surface area contributed by atoms with Crippen LogP contribution in [-0.4, -0.2) is 50.9 Å². The van der Waals surface area contributed by atoms with Gasteiger partial charge in [0.2, 0.25) is 0 Å². The predicted molar refractivity (Wildman–Crippen MR) is 107 cm³/mol. The summed E-state index contributed by atoms with van der Waals surface area (Å²) in [6, 6.07) is 11.7. The first kappa shape index (κ1) is 17.7. The predicted octanol–water partition coefficient (Wildman–Crippen LogP) is 2.55. The van der Waals surface area contributed by atoms with Crippen LogP contribution in [0.1, 0.15) is 24.8 Å². The lowest BCUT2D eigenvalue weighted by atomic mass is 9.93. The van der Waals surface area contributed by atoms with Crippen LogP contribution >= 0.6 is 0 Å². The number of nitrogens with zero attached hydrogens (tertiary/aromatic N) is 2. The average Bonchev–Trinajstić information content (AvgIpc) is 3.15. The number of nitrogens with one attached hydrogen (secondary N) is 2. The van der Waals surface area contributed by atoms with Gasteiger partial charge in [-0.3, -0.25) is 0 Å². The number of morpholine rings is 1. The molecule has 2 aliphatic rings. The highest BCUT2D eigenvalue weighted by Gasteiger charge is 2.34. The van der Waals surface area contributed by atoms with Crippen LogP contribution in [0.2, 0.25) is 0 Å². The van der Waals surface area contributed by atoms with Crippen molar-refractivity contribution in [1.29, 1.82) is 0 Å². The van der Waals surface area contributed by atoms with E-state index in [9.17, 15) is 0 Å². The largest absolute Gasteiger partial charge is 0.379 e. The number of pyridine rings is 1. The summed E-state index contributed by atoms with van der Waals surface area (Å²) < 4.78 is 5.70. The van der Waals surface area contributed by atoms with E-state index in [1.165, 1.54) is 30.2 Å². The molecule has 26 heavy (non-hydrogen) atoms. The average molecular weight is 354 g/mol. The normalized spacial score (nSPS) is 26.3. The minimum Gasteiger partial charge on any atom is -0.379 e. The molecule has 3 atom stereocenters. The van der Waals surface area contributed by atoms with Gasteiger partial charge in [0.1, 0.15) is 5.82 Å². The summed E-state index contributed by atoms with van der Waals surface area (Å²) in [5.41, 5.74) is 2.40. The Morgan fingerprint density at radius 2 is 2.15 bits per heavy atom. The number of rotatable bonds is 5. The summed E-state index contributed by atoms with van der Waals surface area (Å²) in [5.74, 6) is 1.68. The molecule has 140 valence electrons. The monoisotopic (exact) mass is 354 g/mol. The Morgan fingerprint density at radius 1 is 1.27 bits per heavy atom. The van der Waals surface area contributed by atoms with E-state index in [1.807, 2.05) is 0 Å². The summed E-state index contributed by atoms with van der Waals surface area (Å²) in [6.07, 6.45) is 3.85. The van der Waals surface area contributed by atoms with Gasteiger partial charge in [-0.2, -0.15) is 0 Å². The molecule has 0 bridgehead atoms. The van der Waals surface area contributed by atoms with E-state index in [0.717, 1.165) is 37.6 Å². The van der Waals surface area contributed by atoms with Crippen LogP contribution in [0.3, 0.4) is 0 Å². The first-order valence-electron chi connectivity index (χ1n) is 9.83. The van der Waals surface area contributed by atoms with Crippen LogP contribution in [-0.2, 0) is 11.3 Å². The van der Waals surface area contributed by atoms with Crippen LogP contribution in [0.4, 0.5) is 5.82 Å². The number of para-hydroxylation sites is 1. The van der Waals surface area contributed by atoms with Crippen LogP contribution in [0.25, 0.3) is 10.9 Å². The Labute approximate surface area is 156 Å². The van der Waals surface area contributed by atoms with Gasteiger partial charge in [0, 0.05) is 44.7 Å². The lowest BCUT2D eigenvalue weighted by Gasteiger charge is -2.33. The van der Waals surface area contributed by atoms with Gasteiger partial charge in [-0.1, -0.05) is 24.6 Å². The Hall–Kier alpha value is -1.69. The zero-order valence-corrected chi connectivity index (χ0v) is 15.9. The maximum Gasteiger partial charge on any atom is 0.129 e. The molecule has 3 unspecified atom stereocenters. The molecule has 1 aliphatic heterocycles. The van der Waals surface area contributed by atoms with Gasteiger partial charge in [-0.25, -0.2) is 4.98 Å². The molecule has 1 aromatic carbocycles. The summed E-state index contributed by atoms with van der Waals surface area (Å²) >= 11 is 0. The molecule has 4 rings (SSSR count). The first-order chi connectivity index (χ1) is 12.7. The van der Waals surface area contributed by atoms with E-state index < -0.39 is 0 Å². The number of hydrogen-bond acceptors (Lipinski definition) is 5. The van der Waals surface area contributed by atoms with Crippen LogP contribution in [0, 0.1) is 5.92 Å². The molecule has 2 aromatic rings. The highest BCUT2D eigenvalue weighted by atomic mass is 16.5. The molecule has 2 fully saturated rings. The molecule has 5 nitrogen and oxygen atoms in total. The SMILES string of the molecule is CN(C)c1cc(CNC2CCCC2C2COCCN2)c2ccccc2n1. The van der Waals surface area contributed by atoms with Crippen molar-refractivity contribution in [2.45, 2.75) is 37.9 Å². The summed E-state index contributed by atoms with van der Waals surface area (Å²) in [4.78, 5) is 6.86. The fourth-order valence-corrected chi connectivity index (χ4v) is 4.43. The quantitative estimate of drug-likeness (QED) is 0.864. The van der Waals surface area contributed by atoms with Crippen molar-refractivity contribution >= 4 is 16.7 Å². The molecule has 2 heterocycles. The van der Waals surface area contributed by atoms with Crippen molar-refractivity contribution in [1.82, 2.24) is 15.6 Å². The molecule has 1 aromatic heterocycles. The number of aromatic nitrogens is 1. The van der Waals surface area contributed by atoms with E-state index in [0.29, 0.717) is 18.0 Å². The molecule has 1 saturated carbocycles. The fourth-order valence-electron chi connectivity index (χ4n) is 4.43. The van der Waals surface area contributed by atoms with Gasteiger partial charge in [0.05, 0.1) is 18.7 Å². The van der Waals surface area contributed by atoms with Crippen LogP contribution in [0.15, 0.2) is 30.3 Å². The highest BCUT2D eigenvalue weighted by Crippen LogP contribution is 2.30. The molecular weight excluding hydrogens is 324 g/mol. The van der Waals surface area contributed by atoms with E-state index >= 15 is 0 Å². The van der Waals surface area contributed by atoms with Gasteiger partial charge in [-0.15, -0.1) is 0 Å². The van der Waals surface area contributed by atoms with Crippen molar-refractivity contribution in [3.05, 3.63) is 35.9 Å². The van der Waals surface area contributed by atoms with Crippen LogP contribution < -0.4 is 15.5 Å². The lowest BCUT2D eigenvalue weighted by Crippen LogP contribution is -2.50. The smallest absolute Gasteiger partial charge is 0.129 e. The Bertz CT molecular complexity index is 742. The fraction of sp³-hybridized carbons (Fsp3) is 0.571. The highest BCUT2D eigenvalue weighted by molar-refractivity contribution is 5.84. The van der Waals surface area contributed by atoms with Gasteiger partial charge >= 0.3 is 0 Å². The van der Waals surface area contributed by atoms with E-state index in [-0.39, 0.29) is 0 Å². The Kier molecular flexibility index (Phi) is 5.38. The minimum atomic E-state index is 0.496. The Morgan fingerprint density at radius 3 is 2.96 bits per heavy atom. The third-order valence-corrected chi connectivity index (χ3v) is 5.84. The van der Waals surface area contributed by atoms with Crippen molar-refractivity contribution in [2.75, 3.05) is 38.8 Å². The van der Waals surface area contributed by atoms with Crippen LogP contribution in [0.5, 0.6) is 0 Å². The summed E-state index contributed by atoms with van der Waals surface area (Å²) in [7, 11) is 4.10. The van der Waals surface area contributed by atoms with Crippen molar-refractivity contribution in [3.8, 4) is 0 Å². The van der Waals surface area contributed by atoms with Gasteiger partial charge in [0.25, 0.3) is 0 Å². The van der Waals surface area contributed by atoms with Crippen molar-refractivity contribution in [3.63, 3.8) is 0 Å². The lowest BCUT2D eigenvalue weighted by molar-refractivity contribution is 0.0524. The molecular formula is C21H30N4O. The zero-order valence-electron chi connectivity index (χ0n) is 15.9. The summed E-state index contributed by atoms with van der Waals surface area (Å²) in [5, 5.41) is 8.77. The van der Waals surface area contributed by atoms with Crippen molar-refractivity contribution < 1.29 is 4.74 Å². The number of ether oxygens (including phenoxy) is 1. The maximum absolute atomic E-state index is 5.70. The molecule has 0 amide bonds. The standard InChI is InChI=1S/C21H30N4O/c1-25(2)21-12-15(16-6-3-4-8-19(16)24-21)13-23-18-9-5-7-17(18)20-14-26-11-10-22-20/h3-4,6,8,12,17-18,20,22-23H,5,7,9-11,13-14H2,1-2H3. The van der Waals surface area contributed by atoms with Gasteiger partial charge in [0.15, 0.2) is 0 Å². The molecule has 2 N–H and O–H groups in total. The third kappa shape index (κ3) is 3.70. The van der Waals surface area contributed by atoms with Gasteiger partial charge in [-0.05, 0) is 36.5 Å². The van der Waals surface area contributed by atoms with E-state index in [2.05, 4.69) is 60.0 Å². The van der Waals surface area contributed by atoms with E-state index in [1.54, 1.807) is 0 Å². The molecule has 1 saturated heterocycles. The third-order valence-electron chi connectivity index (χ3n) is 5.84. The van der Waals surface area contributed by atoms with E-state index in [4.69, 9.17) is 9.72 Å². The zero-order chi connectivity index (χ0) is 17.9. The first-order valence-corrected chi connectivity index (χ1v) is 9.83. The number of fused-ring (bicyclic) bond motifs is 1. The maximum atomic E-state index is 5.70. The second-order valence-corrected chi connectivity index (χ2v) is 7.77. The number of anilines is 1. The Balaban J connectivity index is 1.51. The molecule has 1 aliphatic carbocycles. The molecule has 5 heteroatoms. The second kappa shape index (κ2) is 7.91. The second-order valence-electron chi connectivity index (χ2n) is 7.77. The number of hydrogen-bond donors (Lipinski definition) is 2. The number of benzene rings is 1.